The number of anilines is 1. The van der Waals surface area contributed by atoms with Crippen molar-refractivity contribution in [1.29, 1.82) is 0 Å². The van der Waals surface area contributed by atoms with Crippen molar-refractivity contribution in [2.45, 2.75) is 51.6 Å². The Morgan fingerprint density at radius 3 is 2.17 bits per heavy atom. The van der Waals surface area contributed by atoms with E-state index in [-0.39, 0.29) is 10.8 Å². The number of benzene rings is 2. The molecule has 2 rings (SSSR count). The molecule has 8 heteroatoms. The summed E-state index contributed by atoms with van der Waals surface area (Å²) < 4.78 is 40.8. The van der Waals surface area contributed by atoms with E-state index in [2.05, 4.69) is 42.6 Å². The number of hydrogen-bond donors (Lipinski definition) is 2. The van der Waals surface area contributed by atoms with E-state index < -0.39 is 15.8 Å². The quantitative estimate of drug-likeness (QED) is 0.628. The van der Waals surface area contributed by atoms with Crippen molar-refractivity contribution in [2.75, 3.05) is 17.8 Å². The molecule has 0 saturated carbocycles. The van der Waals surface area contributed by atoms with Crippen LogP contribution in [0, 0.1) is 12.7 Å². The molecule has 6 nitrogen and oxygen atoms in total. The van der Waals surface area contributed by atoms with Gasteiger partial charge in [-0.2, -0.15) is 0 Å². The second kappa shape index (κ2) is 10.0. The summed E-state index contributed by atoms with van der Waals surface area (Å²) in [5.74, 6) is -0.710. The Kier molecular flexibility index (Phi) is 7.97. The molecule has 0 heterocycles. The minimum atomic E-state index is -3.86. The van der Waals surface area contributed by atoms with Gasteiger partial charge < -0.3 is 5.32 Å². The zero-order valence-electron chi connectivity index (χ0n) is 18.1. The van der Waals surface area contributed by atoms with Crippen LogP contribution in [0.1, 0.15) is 43.6 Å². The lowest BCUT2D eigenvalue weighted by Crippen LogP contribution is -2.42. The molecule has 164 valence electrons. The molecule has 0 saturated heterocycles. The van der Waals surface area contributed by atoms with Crippen LogP contribution in [-0.4, -0.2) is 44.4 Å². The third kappa shape index (κ3) is 6.27. The first-order chi connectivity index (χ1) is 14.0. The average Bonchev–Trinajstić information content (AvgIpc) is 2.64. The molecular weight excluding hydrogens is 405 g/mol. The van der Waals surface area contributed by atoms with Crippen molar-refractivity contribution in [3.63, 3.8) is 0 Å². The van der Waals surface area contributed by atoms with Crippen LogP contribution in [0.3, 0.4) is 0 Å². The Labute approximate surface area is 178 Å². The molecule has 0 bridgehead atoms. The molecule has 0 aromatic heterocycles. The number of halogens is 1. The van der Waals surface area contributed by atoms with Crippen molar-refractivity contribution in [1.82, 2.24) is 10.2 Å². The summed E-state index contributed by atoms with van der Waals surface area (Å²) in [5.41, 5.74) is 1.08. The van der Waals surface area contributed by atoms with Crippen LogP contribution in [0.2, 0.25) is 0 Å². The first-order valence-electron chi connectivity index (χ1n) is 9.94. The number of nitrogens with zero attached hydrogens (tertiary/aromatic N) is 1. The van der Waals surface area contributed by atoms with Crippen molar-refractivity contribution in [2.24, 2.45) is 0 Å². The number of hydrogen-bond acceptors (Lipinski definition) is 4. The van der Waals surface area contributed by atoms with Crippen LogP contribution in [-0.2, 0) is 10.0 Å². The molecule has 2 aromatic rings. The van der Waals surface area contributed by atoms with E-state index in [4.69, 9.17) is 0 Å². The first-order valence-corrected chi connectivity index (χ1v) is 11.4. The van der Waals surface area contributed by atoms with Gasteiger partial charge in [0.05, 0.1) is 4.90 Å². The zero-order valence-corrected chi connectivity index (χ0v) is 18.9. The molecular formula is C22H30FN3O3S. The lowest BCUT2D eigenvalue weighted by atomic mass is 10.2. The van der Waals surface area contributed by atoms with Crippen LogP contribution in [0.25, 0.3) is 0 Å². The third-order valence-corrected chi connectivity index (χ3v) is 6.35. The van der Waals surface area contributed by atoms with E-state index in [9.17, 15) is 17.6 Å². The maximum absolute atomic E-state index is 13.2. The predicted octanol–water partition coefficient (Wildman–Crippen LogP) is 3.78. The molecule has 30 heavy (non-hydrogen) atoms. The highest BCUT2D eigenvalue weighted by molar-refractivity contribution is 7.92. The number of rotatable bonds is 9. The molecule has 2 aromatic carbocycles. The summed E-state index contributed by atoms with van der Waals surface area (Å²) in [6, 6.07) is 10.5. The Hall–Kier alpha value is -2.45. The first kappa shape index (κ1) is 23.8. The van der Waals surface area contributed by atoms with E-state index >= 15 is 0 Å². The molecule has 0 fully saturated rings. The van der Waals surface area contributed by atoms with Crippen molar-refractivity contribution < 1.29 is 17.6 Å². The topological polar surface area (TPSA) is 78.5 Å². The number of sulfonamides is 1. The van der Waals surface area contributed by atoms with E-state index in [0.717, 1.165) is 12.6 Å². The van der Waals surface area contributed by atoms with Crippen LogP contribution in [0.4, 0.5) is 10.1 Å². The molecule has 0 radical (unpaired) electrons. The van der Waals surface area contributed by atoms with Crippen molar-refractivity contribution in [3.05, 3.63) is 59.4 Å². The van der Waals surface area contributed by atoms with Gasteiger partial charge in [0.2, 0.25) is 0 Å². The highest BCUT2D eigenvalue weighted by Gasteiger charge is 2.18. The van der Waals surface area contributed by atoms with Gasteiger partial charge in [-0.1, -0.05) is 0 Å². The van der Waals surface area contributed by atoms with Gasteiger partial charge in [0.25, 0.3) is 15.9 Å². The molecule has 1 amide bonds. The number of aryl methyl sites for hydroxylation is 1. The van der Waals surface area contributed by atoms with E-state index in [1.807, 2.05) is 0 Å². The van der Waals surface area contributed by atoms with Crippen LogP contribution < -0.4 is 10.0 Å². The Balaban J connectivity index is 1.99. The number of carbonyl (C=O) groups excluding carboxylic acids is 1. The van der Waals surface area contributed by atoms with E-state index in [1.165, 1.54) is 31.2 Å². The smallest absolute Gasteiger partial charge is 0.262 e. The third-order valence-electron chi connectivity index (χ3n) is 4.81. The lowest BCUT2D eigenvalue weighted by Gasteiger charge is -2.30. The van der Waals surface area contributed by atoms with Crippen molar-refractivity contribution in [3.8, 4) is 0 Å². The number of carbonyl (C=O) groups is 1. The minimum absolute atomic E-state index is 0.00517. The summed E-state index contributed by atoms with van der Waals surface area (Å²) in [5, 5.41) is 2.89. The normalized spacial score (nSPS) is 11.9. The highest BCUT2D eigenvalue weighted by atomic mass is 32.2. The molecule has 0 aliphatic heterocycles. The Morgan fingerprint density at radius 1 is 1.03 bits per heavy atom. The SMILES string of the molecule is Cc1cc(F)ccc1S(=O)(=O)Nc1ccc(C(=O)NCCN(C(C)C)C(C)C)cc1. The summed E-state index contributed by atoms with van der Waals surface area (Å²) in [6.07, 6.45) is 0. The standard InChI is InChI=1S/C22H30FN3O3S/c1-15(2)26(16(3)4)13-12-24-22(27)18-6-9-20(10-7-18)25-30(28,29)21-11-8-19(23)14-17(21)5/h6-11,14-16,25H,12-13H2,1-5H3,(H,24,27). The van der Waals surface area contributed by atoms with Gasteiger partial charge in [0.15, 0.2) is 0 Å². The molecule has 0 aliphatic carbocycles. The van der Waals surface area contributed by atoms with Gasteiger partial charge >= 0.3 is 0 Å². The number of amides is 1. The monoisotopic (exact) mass is 435 g/mol. The molecule has 2 N–H and O–H groups in total. The fourth-order valence-electron chi connectivity index (χ4n) is 3.33. The molecule has 0 atom stereocenters. The van der Waals surface area contributed by atoms with Gasteiger partial charge in [0.1, 0.15) is 5.82 Å². The molecule has 0 aliphatic rings. The minimum Gasteiger partial charge on any atom is -0.351 e. The molecule has 0 unspecified atom stereocenters. The van der Waals surface area contributed by atoms with Gasteiger partial charge in [0, 0.05) is 36.4 Å². The van der Waals surface area contributed by atoms with Crippen LogP contribution in [0.15, 0.2) is 47.4 Å². The second-order valence-electron chi connectivity index (χ2n) is 7.77. The maximum atomic E-state index is 13.2. The number of nitrogens with one attached hydrogen (secondary N) is 2. The Bertz CT molecular complexity index is 966. The van der Waals surface area contributed by atoms with Gasteiger partial charge in [-0.15, -0.1) is 0 Å². The summed E-state index contributed by atoms with van der Waals surface area (Å²) >= 11 is 0. The fourth-order valence-corrected chi connectivity index (χ4v) is 4.61. The maximum Gasteiger partial charge on any atom is 0.262 e. The zero-order chi connectivity index (χ0) is 22.5. The Morgan fingerprint density at radius 2 is 1.63 bits per heavy atom. The fraction of sp³-hybridized carbons (Fsp3) is 0.409. The molecule has 0 spiro atoms. The van der Waals surface area contributed by atoms with Gasteiger partial charge in [-0.25, -0.2) is 12.8 Å². The van der Waals surface area contributed by atoms with Crippen molar-refractivity contribution >= 4 is 21.6 Å². The van der Waals surface area contributed by atoms with Crippen LogP contribution in [0.5, 0.6) is 0 Å². The van der Waals surface area contributed by atoms with E-state index in [0.29, 0.717) is 35.4 Å². The summed E-state index contributed by atoms with van der Waals surface area (Å²) in [4.78, 5) is 14.6. The van der Waals surface area contributed by atoms with Gasteiger partial charge in [-0.05, 0) is 82.6 Å². The predicted molar refractivity (Wildman–Crippen MR) is 118 cm³/mol. The average molecular weight is 436 g/mol. The largest absolute Gasteiger partial charge is 0.351 e. The summed E-state index contributed by atoms with van der Waals surface area (Å²) in [7, 11) is -3.86. The second-order valence-corrected chi connectivity index (χ2v) is 9.42. The van der Waals surface area contributed by atoms with Crippen LogP contribution >= 0.6 is 0 Å². The van der Waals surface area contributed by atoms with Gasteiger partial charge in [-0.3, -0.25) is 14.4 Å². The highest BCUT2D eigenvalue weighted by Crippen LogP contribution is 2.20. The van der Waals surface area contributed by atoms with E-state index in [1.54, 1.807) is 12.1 Å². The summed E-state index contributed by atoms with van der Waals surface area (Å²) in [6.45, 7) is 11.3. The lowest BCUT2D eigenvalue weighted by molar-refractivity contribution is 0.0939.